The molecule has 5 rings (SSSR count). The van der Waals surface area contributed by atoms with Crippen LogP contribution in [0.5, 0.6) is 5.75 Å². The van der Waals surface area contributed by atoms with Crippen LogP contribution in [0.2, 0.25) is 0 Å². The molecule has 0 fully saturated rings. The van der Waals surface area contributed by atoms with Gasteiger partial charge in [-0.05, 0) is 37.5 Å². The number of aryl methyl sites for hydroxylation is 1. The monoisotopic (exact) mass is 456 g/mol. The second-order valence-corrected chi connectivity index (χ2v) is 8.16. The molecule has 33 heavy (non-hydrogen) atoms. The van der Waals surface area contributed by atoms with Gasteiger partial charge in [-0.1, -0.05) is 18.2 Å². The van der Waals surface area contributed by atoms with Gasteiger partial charge in [0.15, 0.2) is 17.4 Å². The average molecular weight is 456 g/mol. The van der Waals surface area contributed by atoms with Gasteiger partial charge in [0.1, 0.15) is 5.82 Å². The molecule has 172 valence electrons. The van der Waals surface area contributed by atoms with E-state index < -0.39 is 17.7 Å². The number of halogens is 3. The fourth-order valence-corrected chi connectivity index (χ4v) is 4.42. The maximum absolute atomic E-state index is 13.6. The fraction of sp³-hybridized carbons (Fsp3) is 0.348. The van der Waals surface area contributed by atoms with Crippen molar-refractivity contribution in [3.05, 3.63) is 65.4 Å². The first-order chi connectivity index (χ1) is 15.8. The molecule has 4 heterocycles. The maximum Gasteiger partial charge on any atom is 0.416 e. The molecule has 1 aromatic carbocycles. The van der Waals surface area contributed by atoms with Crippen molar-refractivity contribution in [3.8, 4) is 17.1 Å². The molecule has 0 radical (unpaired) electrons. The number of fused-ring (bicyclic) bond motifs is 1. The lowest BCUT2D eigenvalue weighted by molar-refractivity contribution is -0.138. The van der Waals surface area contributed by atoms with Crippen molar-refractivity contribution in [2.24, 2.45) is 0 Å². The molecule has 0 aliphatic carbocycles. The summed E-state index contributed by atoms with van der Waals surface area (Å²) in [5, 5.41) is 7.81. The van der Waals surface area contributed by atoms with E-state index in [0.29, 0.717) is 48.4 Å². The van der Waals surface area contributed by atoms with Crippen LogP contribution in [0.25, 0.3) is 11.4 Å². The third-order valence-electron chi connectivity index (χ3n) is 5.98. The van der Waals surface area contributed by atoms with Crippen molar-refractivity contribution in [1.82, 2.24) is 25.1 Å². The summed E-state index contributed by atoms with van der Waals surface area (Å²) in [6.45, 7) is 3.17. The predicted octanol–water partition coefficient (Wildman–Crippen LogP) is 4.52. The molecule has 1 N–H and O–H groups in total. The Hall–Kier alpha value is -3.56. The second-order valence-electron chi connectivity index (χ2n) is 8.16. The Bertz CT molecular complexity index is 1220. The summed E-state index contributed by atoms with van der Waals surface area (Å²) in [6.07, 6.45) is 0.492. The van der Waals surface area contributed by atoms with Crippen molar-refractivity contribution in [1.29, 1.82) is 0 Å². The highest BCUT2D eigenvalue weighted by Gasteiger charge is 2.37. The Morgan fingerprint density at radius 1 is 1.21 bits per heavy atom. The van der Waals surface area contributed by atoms with E-state index in [-0.39, 0.29) is 5.56 Å². The van der Waals surface area contributed by atoms with E-state index in [9.17, 15) is 13.2 Å². The second kappa shape index (κ2) is 8.09. The maximum atomic E-state index is 13.6. The molecular weight excluding hydrogens is 433 g/mol. The minimum absolute atomic E-state index is 0.236. The Morgan fingerprint density at radius 2 is 2.03 bits per heavy atom. The summed E-state index contributed by atoms with van der Waals surface area (Å²) in [7, 11) is 1.57. The number of alkyl halides is 3. The van der Waals surface area contributed by atoms with Gasteiger partial charge < -0.3 is 15.0 Å². The molecule has 1 atom stereocenters. The number of nitrogens with one attached hydrogen (secondary N) is 1. The van der Waals surface area contributed by atoms with Gasteiger partial charge in [0.05, 0.1) is 19.3 Å². The summed E-state index contributed by atoms with van der Waals surface area (Å²) in [6, 6.07) is 7.53. The summed E-state index contributed by atoms with van der Waals surface area (Å²) in [5.41, 5.74) is 1.28. The van der Waals surface area contributed by atoms with Crippen LogP contribution in [0.1, 0.15) is 42.6 Å². The zero-order chi connectivity index (χ0) is 23.2. The van der Waals surface area contributed by atoms with Crippen LogP contribution in [0.3, 0.4) is 0 Å². The van der Waals surface area contributed by atoms with E-state index in [2.05, 4.69) is 20.4 Å². The third kappa shape index (κ3) is 3.90. The van der Waals surface area contributed by atoms with Crippen molar-refractivity contribution in [3.63, 3.8) is 0 Å². The van der Waals surface area contributed by atoms with Crippen LogP contribution in [0, 0.1) is 0 Å². The number of hydrogen-bond donors (Lipinski definition) is 1. The van der Waals surface area contributed by atoms with Gasteiger partial charge in [-0.15, -0.1) is 0 Å². The number of benzene rings is 1. The first kappa shape index (κ1) is 21.3. The Kier molecular flexibility index (Phi) is 5.22. The number of hydrogen-bond acceptors (Lipinski definition) is 6. The number of rotatable bonds is 4. The molecule has 0 amide bonds. The van der Waals surface area contributed by atoms with Gasteiger partial charge in [-0.2, -0.15) is 18.3 Å². The summed E-state index contributed by atoms with van der Waals surface area (Å²) >= 11 is 0. The highest BCUT2D eigenvalue weighted by Crippen LogP contribution is 2.41. The summed E-state index contributed by atoms with van der Waals surface area (Å²) < 4.78 is 48.2. The topological polar surface area (TPSA) is 68.1 Å². The highest BCUT2D eigenvalue weighted by atomic mass is 19.4. The molecular formula is C23H23F3N6O. The van der Waals surface area contributed by atoms with Crippen molar-refractivity contribution in [2.45, 2.75) is 38.4 Å². The number of allylic oxidation sites excluding steroid dienone is 1. The van der Waals surface area contributed by atoms with Gasteiger partial charge in [0.25, 0.3) is 0 Å². The first-order valence-corrected chi connectivity index (χ1v) is 10.7. The standard InChI is InChI=1S/C23H23F3N6O/c1-14-12-31(13-28-14)22-19(33-2)10-15(11-27-22)20-29-21-17(7-5-9-32(21)30-20)16-6-3-4-8-18(16)23(24,25)26/h3-4,6,8,10-12,17,28H,5,7,9,13H2,1-2H3/t17-/m0/s1. The SMILES string of the molecule is COc1cc(-c2nc3n(n2)CCC[C@H]3c2ccccc2C(F)(F)F)cnc1N1C=C(C)NC1. The molecule has 0 bridgehead atoms. The molecule has 7 nitrogen and oxygen atoms in total. The number of ether oxygens (including phenoxy) is 1. The zero-order valence-corrected chi connectivity index (χ0v) is 18.2. The molecule has 2 aliphatic heterocycles. The van der Waals surface area contributed by atoms with Crippen LogP contribution in [-0.4, -0.2) is 33.5 Å². The molecule has 2 aromatic heterocycles. The fourth-order valence-electron chi connectivity index (χ4n) is 4.42. The van der Waals surface area contributed by atoms with Crippen LogP contribution in [-0.2, 0) is 12.7 Å². The molecule has 3 aromatic rings. The molecule has 2 aliphatic rings. The van der Waals surface area contributed by atoms with Gasteiger partial charge >= 0.3 is 6.18 Å². The molecule has 0 spiro atoms. The van der Waals surface area contributed by atoms with Gasteiger partial charge in [-0.25, -0.2) is 14.6 Å². The van der Waals surface area contributed by atoms with Crippen LogP contribution >= 0.6 is 0 Å². The van der Waals surface area contributed by atoms with Crippen LogP contribution in [0.4, 0.5) is 19.0 Å². The Morgan fingerprint density at radius 3 is 2.76 bits per heavy atom. The van der Waals surface area contributed by atoms with E-state index in [4.69, 9.17) is 4.74 Å². The lowest BCUT2D eigenvalue weighted by Gasteiger charge is -2.25. The summed E-state index contributed by atoms with van der Waals surface area (Å²) in [5.74, 6) is 1.71. The highest BCUT2D eigenvalue weighted by molar-refractivity contribution is 5.65. The zero-order valence-electron chi connectivity index (χ0n) is 18.2. The van der Waals surface area contributed by atoms with Crippen LogP contribution < -0.4 is 15.0 Å². The minimum Gasteiger partial charge on any atom is -0.493 e. The normalized spacial score (nSPS) is 18.0. The average Bonchev–Trinajstić information content (AvgIpc) is 3.44. The minimum atomic E-state index is -4.42. The number of anilines is 1. The molecule has 0 saturated heterocycles. The van der Waals surface area contributed by atoms with Crippen molar-refractivity contribution in [2.75, 3.05) is 18.7 Å². The summed E-state index contributed by atoms with van der Waals surface area (Å²) in [4.78, 5) is 11.2. The number of pyridine rings is 1. The van der Waals surface area contributed by atoms with E-state index >= 15 is 0 Å². The number of aromatic nitrogens is 4. The van der Waals surface area contributed by atoms with Gasteiger partial charge in [0.2, 0.25) is 0 Å². The first-order valence-electron chi connectivity index (χ1n) is 10.7. The van der Waals surface area contributed by atoms with Crippen molar-refractivity contribution < 1.29 is 17.9 Å². The van der Waals surface area contributed by atoms with Crippen molar-refractivity contribution >= 4 is 5.82 Å². The lowest BCUT2D eigenvalue weighted by Crippen LogP contribution is -2.21. The van der Waals surface area contributed by atoms with Gasteiger partial charge in [0, 0.05) is 36.1 Å². The number of nitrogens with zero attached hydrogens (tertiary/aromatic N) is 5. The van der Waals surface area contributed by atoms with E-state index in [1.54, 1.807) is 24.1 Å². The smallest absolute Gasteiger partial charge is 0.416 e. The third-order valence-corrected chi connectivity index (χ3v) is 5.98. The Balaban J connectivity index is 1.52. The molecule has 10 heteroatoms. The van der Waals surface area contributed by atoms with E-state index in [0.717, 1.165) is 18.2 Å². The van der Waals surface area contributed by atoms with Crippen LogP contribution in [0.15, 0.2) is 48.4 Å². The van der Waals surface area contributed by atoms with E-state index in [1.807, 2.05) is 24.1 Å². The quantitative estimate of drug-likeness (QED) is 0.623. The predicted molar refractivity (Wildman–Crippen MR) is 117 cm³/mol. The number of methoxy groups -OCH3 is 1. The lowest BCUT2D eigenvalue weighted by atomic mass is 9.88. The molecule has 0 unspecified atom stereocenters. The molecule has 0 saturated carbocycles. The van der Waals surface area contributed by atoms with E-state index in [1.165, 1.54) is 12.1 Å². The largest absolute Gasteiger partial charge is 0.493 e. The van der Waals surface area contributed by atoms with Gasteiger partial charge in [-0.3, -0.25) is 0 Å². The Labute approximate surface area is 188 Å².